The van der Waals surface area contributed by atoms with Crippen molar-refractivity contribution < 1.29 is 4.92 Å². The number of benzene rings is 1. The molecular weight excluding hydrogens is 289 g/mol. The predicted molar refractivity (Wildman–Crippen MR) is 80.5 cm³/mol. The Hall–Kier alpha value is -0.880. The maximum atomic E-state index is 11.0. The average molecular weight is 308 g/mol. The van der Waals surface area contributed by atoms with E-state index in [0.29, 0.717) is 0 Å². The summed E-state index contributed by atoms with van der Waals surface area (Å²) >= 11 is 0. The Morgan fingerprint density at radius 1 is 1.26 bits per heavy atom. The number of nitrogens with zero attached hydrogens (tertiary/aromatic N) is 2. The van der Waals surface area contributed by atoms with Gasteiger partial charge in [-0.2, -0.15) is 0 Å². The number of rotatable bonds is 3. The third-order valence-electron chi connectivity index (χ3n) is 3.28. The van der Waals surface area contributed by atoms with Crippen molar-refractivity contribution in [2.24, 2.45) is 0 Å². The van der Waals surface area contributed by atoms with Gasteiger partial charge < -0.3 is 5.32 Å². The second kappa shape index (κ2) is 8.32. The number of halogens is 2. The smallest absolute Gasteiger partial charge is 0.274 e. The molecule has 0 aliphatic carbocycles. The van der Waals surface area contributed by atoms with Gasteiger partial charge in [0.25, 0.3) is 5.69 Å². The minimum Gasteiger partial charge on any atom is -0.314 e. The molecule has 1 aromatic rings. The topological polar surface area (TPSA) is 58.4 Å². The lowest BCUT2D eigenvalue weighted by atomic mass is 10.0. The molecule has 0 aromatic heterocycles. The minimum atomic E-state index is -0.298. The maximum absolute atomic E-state index is 11.0. The van der Waals surface area contributed by atoms with Gasteiger partial charge >= 0.3 is 0 Å². The van der Waals surface area contributed by atoms with Gasteiger partial charge in [-0.05, 0) is 6.92 Å². The Labute approximate surface area is 125 Å². The number of nitro groups is 1. The number of hydrogen-bond donors (Lipinski definition) is 1. The van der Waals surface area contributed by atoms with Gasteiger partial charge in [-0.25, -0.2) is 0 Å². The van der Waals surface area contributed by atoms with E-state index < -0.39 is 0 Å². The molecule has 1 aliphatic rings. The summed E-state index contributed by atoms with van der Waals surface area (Å²) in [7, 11) is 0. The number of para-hydroxylation sites is 1. The molecule has 1 atom stereocenters. The normalized spacial score (nSPS) is 16.9. The molecule has 1 aromatic carbocycles. The molecule has 0 saturated carbocycles. The highest BCUT2D eigenvalue weighted by atomic mass is 35.5. The number of nitro benzene ring substituents is 1. The molecule has 0 bridgehead atoms. The first kappa shape index (κ1) is 18.1. The van der Waals surface area contributed by atoms with Gasteiger partial charge in [0.2, 0.25) is 0 Å². The summed E-state index contributed by atoms with van der Waals surface area (Å²) < 4.78 is 0. The van der Waals surface area contributed by atoms with E-state index in [-0.39, 0.29) is 41.5 Å². The molecule has 0 radical (unpaired) electrons. The van der Waals surface area contributed by atoms with Crippen LogP contribution in [0.4, 0.5) is 5.69 Å². The standard InChI is InChI=1S/C12H17N3O2.2ClH/c1-10(14-8-6-13-7-9-14)11-4-2-3-5-12(11)15(16)17;;/h2-5,10,13H,6-9H2,1H3;2*1H. The van der Waals surface area contributed by atoms with Crippen molar-refractivity contribution in [3.05, 3.63) is 39.9 Å². The van der Waals surface area contributed by atoms with Crippen LogP contribution in [0.3, 0.4) is 0 Å². The summed E-state index contributed by atoms with van der Waals surface area (Å²) in [6.45, 7) is 5.81. The molecule has 1 saturated heterocycles. The van der Waals surface area contributed by atoms with Gasteiger partial charge in [0.05, 0.1) is 4.92 Å². The molecule has 0 amide bonds. The van der Waals surface area contributed by atoms with Crippen LogP contribution in [0, 0.1) is 10.1 Å². The average Bonchev–Trinajstić information content (AvgIpc) is 2.39. The Morgan fingerprint density at radius 2 is 1.84 bits per heavy atom. The molecule has 108 valence electrons. The molecule has 1 heterocycles. The summed E-state index contributed by atoms with van der Waals surface area (Å²) in [5.41, 5.74) is 1.03. The van der Waals surface area contributed by atoms with Crippen molar-refractivity contribution in [2.75, 3.05) is 26.2 Å². The fourth-order valence-electron chi connectivity index (χ4n) is 2.27. The summed E-state index contributed by atoms with van der Waals surface area (Å²) in [5.74, 6) is 0. The molecule has 5 nitrogen and oxygen atoms in total. The first-order chi connectivity index (χ1) is 8.20. The molecule has 1 N–H and O–H groups in total. The Morgan fingerprint density at radius 3 is 2.42 bits per heavy atom. The molecule has 1 unspecified atom stereocenters. The SMILES string of the molecule is CC(c1ccccc1[N+](=O)[O-])N1CCNCC1.Cl.Cl. The maximum Gasteiger partial charge on any atom is 0.274 e. The Balaban J connectivity index is 0.00000162. The molecule has 1 aliphatic heterocycles. The first-order valence-electron chi connectivity index (χ1n) is 5.88. The second-order valence-electron chi connectivity index (χ2n) is 4.28. The van der Waals surface area contributed by atoms with E-state index in [1.807, 2.05) is 19.1 Å². The van der Waals surface area contributed by atoms with E-state index >= 15 is 0 Å². The van der Waals surface area contributed by atoms with E-state index in [4.69, 9.17) is 0 Å². The highest BCUT2D eigenvalue weighted by Gasteiger charge is 2.24. The van der Waals surface area contributed by atoms with Gasteiger partial charge in [-0.15, -0.1) is 24.8 Å². The van der Waals surface area contributed by atoms with Crippen LogP contribution >= 0.6 is 24.8 Å². The van der Waals surface area contributed by atoms with E-state index in [9.17, 15) is 10.1 Å². The van der Waals surface area contributed by atoms with Crippen LogP contribution in [-0.4, -0.2) is 36.0 Å². The fourth-order valence-corrected chi connectivity index (χ4v) is 2.27. The number of piperazine rings is 1. The zero-order valence-corrected chi connectivity index (χ0v) is 12.4. The van der Waals surface area contributed by atoms with Gasteiger partial charge in [-0.1, -0.05) is 18.2 Å². The minimum absolute atomic E-state index is 0. The molecule has 7 heteroatoms. The van der Waals surface area contributed by atoms with Gasteiger partial charge in [0.15, 0.2) is 0 Å². The van der Waals surface area contributed by atoms with Crippen molar-refractivity contribution in [3.8, 4) is 0 Å². The first-order valence-corrected chi connectivity index (χ1v) is 5.88. The Kier molecular flexibility index (Phi) is 7.94. The summed E-state index contributed by atoms with van der Waals surface area (Å²) in [4.78, 5) is 13.0. The molecular formula is C12H19Cl2N3O2. The molecule has 2 rings (SSSR count). The van der Waals surface area contributed by atoms with Crippen molar-refractivity contribution in [1.29, 1.82) is 0 Å². The largest absolute Gasteiger partial charge is 0.314 e. The quantitative estimate of drug-likeness (QED) is 0.688. The third kappa shape index (κ3) is 4.31. The number of hydrogen-bond acceptors (Lipinski definition) is 4. The zero-order valence-electron chi connectivity index (χ0n) is 10.7. The van der Waals surface area contributed by atoms with E-state index in [0.717, 1.165) is 31.7 Å². The van der Waals surface area contributed by atoms with Crippen LogP contribution in [0.2, 0.25) is 0 Å². The van der Waals surface area contributed by atoms with Crippen LogP contribution in [0.5, 0.6) is 0 Å². The summed E-state index contributed by atoms with van der Waals surface area (Å²) in [6, 6.07) is 7.10. The predicted octanol–water partition coefficient (Wildman–Crippen LogP) is 2.40. The van der Waals surface area contributed by atoms with Crippen LogP contribution in [0.25, 0.3) is 0 Å². The Bertz CT molecular complexity index is 412. The third-order valence-corrected chi connectivity index (χ3v) is 3.28. The second-order valence-corrected chi connectivity index (χ2v) is 4.28. The van der Waals surface area contributed by atoms with Gasteiger partial charge in [0.1, 0.15) is 0 Å². The zero-order chi connectivity index (χ0) is 12.3. The summed E-state index contributed by atoms with van der Waals surface area (Å²) in [6.07, 6.45) is 0. The lowest BCUT2D eigenvalue weighted by Gasteiger charge is -2.32. The van der Waals surface area contributed by atoms with E-state index in [1.54, 1.807) is 12.1 Å². The van der Waals surface area contributed by atoms with Crippen LogP contribution in [-0.2, 0) is 0 Å². The molecule has 0 spiro atoms. The molecule has 19 heavy (non-hydrogen) atoms. The lowest BCUT2D eigenvalue weighted by Crippen LogP contribution is -2.44. The van der Waals surface area contributed by atoms with Crippen molar-refractivity contribution in [1.82, 2.24) is 10.2 Å². The van der Waals surface area contributed by atoms with E-state index in [1.165, 1.54) is 0 Å². The fraction of sp³-hybridized carbons (Fsp3) is 0.500. The highest BCUT2D eigenvalue weighted by molar-refractivity contribution is 5.85. The van der Waals surface area contributed by atoms with Crippen LogP contribution in [0.15, 0.2) is 24.3 Å². The van der Waals surface area contributed by atoms with Gasteiger partial charge in [0, 0.05) is 43.9 Å². The number of nitrogens with one attached hydrogen (secondary N) is 1. The van der Waals surface area contributed by atoms with Crippen molar-refractivity contribution in [2.45, 2.75) is 13.0 Å². The lowest BCUT2D eigenvalue weighted by molar-refractivity contribution is -0.386. The van der Waals surface area contributed by atoms with Gasteiger partial charge in [-0.3, -0.25) is 15.0 Å². The van der Waals surface area contributed by atoms with E-state index in [2.05, 4.69) is 10.2 Å². The monoisotopic (exact) mass is 307 g/mol. The highest BCUT2D eigenvalue weighted by Crippen LogP contribution is 2.28. The van der Waals surface area contributed by atoms with Crippen molar-refractivity contribution >= 4 is 30.5 Å². The van der Waals surface area contributed by atoms with Crippen LogP contribution in [0.1, 0.15) is 18.5 Å². The van der Waals surface area contributed by atoms with Crippen molar-refractivity contribution in [3.63, 3.8) is 0 Å². The molecule has 1 fully saturated rings. The van der Waals surface area contributed by atoms with Crippen LogP contribution < -0.4 is 5.32 Å². The summed E-state index contributed by atoms with van der Waals surface area (Å²) in [5, 5.41) is 14.3.